The highest BCUT2D eigenvalue weighted by atomic mass is 32.1. The van der Waals surface area contributed by atoms with Gasteiger partial charge in [-0.2, -0.15) is 0 Å². The topological polar surface area (TPSA) is 63.2 Å². The number of aromatic nitrogens is 1. The maximum atomic E-state index is 12.6. The molecule has 0 spiro atoms. The van der Waals surface area contributed by atoms with E-state index in [9.17, 15) is 4.79 Å². The molecule has 1 heterocycles. The zero-order valence-electron chi connectivity index (χ0n) is 17.3. The van der Waals surface area contributed by atoms with Crippen molar-refractivity contribution in [1.29, 1.82) is 0 Å². The highest BCUT2D eigenvalue weighted by Gasteiger charge is 2.15. The van der Waals surface area contributed by atoms with Crippen LogP contribution >= 0.6 is 11.3 Å². The molecule has 0 radical (unpaired) electrons. The molecule has 0 atom stereocenters. The number of nitrogens with zero attached hydrogens (tertiary/aromatic N) is 1. The van der Waals surface area contributed by atoms with Crippen molar-refractivity contribution >= 4 is 28.1 Å². The molecule has 3 rings (SSSR count). The molecular formula is C23H27N3O2S. The number of rotatable bonds is 8. The minimum atomic E-state index is -0.111. The Morgan fingerprint density at radius 2 is 1.86 bits per heavy atom. The lowest BCUT2D eigenvalue weighted by molar-refractivity contribution is 0.0954. The Morgan fingerprint density at radius 3 is 2.55 bits per heavy atom. The third-order valence-electron chi connectivity index (χ3n) is 4.48. The molecule has 2 N–H and O–H groups in total. The fraction of sp³-hybridized carbons (Fsp3) is 0.304. The van der Waals surface area contributed by atoms with Gasteiger partial charge in [-0.25, -0.2) is 4.98 Å². The average molecular weight is 410 g/mol. The molecule has 0 aliphatic carbocycles. The molecule has 0 unspecified atom stereocenters. The van der Waals surface area contributed by atoms with Crippen molar-refractivity contribution < 1.29 is 9.53 Å². The van der Waals surface area contributed by atoms with Crippen LogP contribution in [0.15, 0.2) is 42.5 Å². The fourth-order valence-electron chi connectivity index (χ4n) is 2.92. The van der Waals surface area contributed by atoms with Crippen LogP contribution < -0.4 is 15.4 Å². The van der Waals surface area contributed by atoms with Gasteiger partial charge in [0.05, 0.1) is 12.3 Å². The number of ether oxygens (including phenoxy) is 1. The lowest BCUT2D eigenvalue weighted by atomic mass is 10.1. The zero-order chi connectivity index (χ0) is 20.8. The second-order valence-electron chi connectivity index (χ2n) is 7.05. The highest BCUT2D eigenvalue weighted by molar-refractivity contribution is 7.17. The first-order valence-corrected chi connectivity index (χ1v) is 10.6. The summed E-state index contributed by atoms with van der Waals surface area (Å²) < 4.78 is 5.59. The molecule has 1 aromatic heterocycles. The average Bonchev–Trinajstić information content (AvgIpc) is 3.07. The van der Waals surface area contributed by atoms with E-state index in [1.54, 1.807) is 0 Å². The number of anilines is 2. The third-order valence-corrected chi connectivity index (χ3v) is 5.55. The van der Waals surface area contributed by atoms with Gasteiger partial charge in [0.1, 0.15) is 10.6 Å². The summed E-state index contributed by atoms with van der Waals surface area (Å²) in [5, 5.41) is 7.02. The lowest BCUT2D eigenvalue weighted by Crippen LogP contribution is -2.22. The first-order valence-electron chi connectivity index (χ1n) is 9.78. The number of carbonyl (C=O) groups excluding carboxylic acids is 1. The highest BCUT2D eigenvalue weighted by Crippen LogP contribution is 2.27. The van der Waals surface area contributed by atoms with Crippen LogP contribution in [-0.4, -0.2) is 17.5 Å². The third kappa shape index (κ3) is 5.57. The molecule has 0 fully saturated rings. The van der Waals surface area contributed by atoms with E-state index in [4.69, 9.17) is 4.74 Å². The molecule has 2 aromatic carbocycles. The number of benzene rings is 2. The van der Waals surface area contributed by atoms with E-state index in [0.717, 1.165) is 39.8 Å². The lowest BCUT2D eigenvalue weighted by Gasteiger charge is -2.07. The molecule has 1 amide bonds. The molecule has 152 valence electrons. The molecule has 3 aromatic rings. The minimum Gasteiger partial charge on any atom is -0.494 e. The van der Waals surface area contributed by atoms with Crippen molar-refractivity contribution in [3.63, 3.8) is 0 Å². The van der Waals surface area contributed by atoms with Gasteiger partial charge < -0.3 is 15.4 Å². The van der Waals surface area contributed by atoms with Gasteiger partial charge in [-0.05, 0) is 56.5 Å². The molecule has 0 aliphatic rings. The first kappa shape index (κ1) is 20.9. The molecule has 5 nitrogen and oxygen atoms in total. The van der Waals surface area contributed by atoms with Gasteiger partial charge in [0, 0.05) is 12.2 Å². The monoisotopic (exact) mass is 409 g/mol. The summed E-state index contributed by atoms with van der Waals surface area (Å²) in [4.78, 5) is 17.8. The van der Waals surface area contributed by atoms with Crippen LogP contribution in [0.25, 0.3) is 0 Å². The summed E-state index contributed by atoms with van der Waals surface area (Å²) >= 11 is 1.37. The van der Waals surface area contributed by atoms with Crippen LogP contribution in [0.1, 0.15) is 45.4 Å². The Bertz CT molecular complexity index is 980. The van der Waals surface area contributed by atoms with E-state index in [2.05, 4.69) is 48.5 Å². The molecule has 0 saturated heterocycles. The van der Waals surface area contributed by atoms with Crippen molar-refractivity contribution in [2.24, 2.45) is 0 Å². The van der Waals surface area contributed by atoms with Crippen LogP contribution in [0.4, 0.5) is 10.8 Å². The maximum Gasteiger partial charge on any atom is 0.263 e. The SMILES string of the molecule is CCCOc1ccc(CNC(=O)c2sc(Nc3ccc(C)cc3C)nc2C)cc1. The van der Waals surface area contributed by atoms with Crippen molar-refractivity contribution in [2.45, 2.75) is 40.7 Å². The smallest absolute Gasteiger partial charge is 0.263 e. The van der Waals surface area contributed by atoms with E-state index in [-0.39, 0.29) is 5.91 Å². The zero-order valence-corrected chi connectivity index (χ0v) is 18.2. The van der Waals surface area contributed by atoms with E-state index < -0.39 is 0 Å². The number of amides is 1. The van der Waals surface area contributed by atoms with Crippen LogP contribution in [0.3, 0.4) is 0 Å². The van der Waals surface area contributed by atoms with E-state index in [0.29, 0.717) is 18.0 Å². The fourth-order valence-corrected chi connectivity index (χ4v) is 3.81. The number of aryl methyl sites for hydroxylation is 3. The number of nitrogens with one attached hydrogen (secondary N) is 2. The van der Waals surface area contributed by atoms with Crippen molar-refractivity contribution in [3.05, 3.63) is 69.7 Å². The van der Waals surface area contributed by atoms with E-state index in [1.165, 1.54) is 16.9 Å². The van der Waals surface area contributed by atoms with Crippen molar-refractivity contribution in [2.75, 3.05) is 11.9 Å². The number of thiazole rings is 1. The number of hydrogen-bond acceptors (Lipinski definition) is 5. The normalized spacial score (nSPS) is 10.6. The molecular weight excluding hydrogens is 382 g/mol. The summed E-state index contributed by atoms with van der Waals surface area (Å²) in [7, 11) is 0. The van der Waals surface area contributed by atoms with Gasteiger partial charge in [-0.15, -0.1) is 0 Å². The summed E-state index contributed by atoms with van der Waals surface area (Å²) in [6.07, 6.45) is 0.979. The van der Waals surface area contributed by atoms with Crippen LogP contribution in [0, 0.1) is 20.8 Å². The van der Waals surface area contributed by atoms with Crippen LogP contribution in [0.5, 0.6) is 5.75 Å². The van der Waals surface area contributed by atoms with Gasteiger partial charge in [0.15, 0.2) is 5.13 Å². The van der Waals surface area contributed by atoms with Gasteiger partial charge in [-0.1, -0.05) is 48.1 Å². The molecule has 0 bridgehead atoms. The Kier molecular flexibility index (Phi) is 6.88. The quantitative estimate of drug-likeness (QED) is 0.513. The van der Waals surface area contributed by atoms with Gasteiger partial charge >= 0.3 is 0 Å². The number of carbonyl (C=O) groups is 1. The van der Waals surface area contributed by atoms with Gasteiger partial charge in [-0.3, -0.25) is 4.79 Å². The van der Waals surface area contributed by atoms with Crippen LogP contribution in [-0.2, 0) is 6.54 Å². The molecule has 6 heteroatoms. The Hall–Kier alpha value is -2.86. The summed E-state index contributed by atoms with van der Waals surface area (Å²) in [6, 6.07) is 14.0. The largest absolute Gasteiger partial charge is 0.494 e. The Labute approximate surface area is 176 Å². The first-order chi connectivity index (χ1) is 14.0. The maximum absolute atomic E-state index is 12.6. The second kappa shape index (κ2) is 9.56. The standard InChI is InChI=1S/C23H27N3O2S/c1-5-12-28-19-9-7-18(8-10-19)14-24-22(27)21-17(4)25-23(29-21)26-20-11-6-15(2)13-16(20)3/h6-11,13H,5,12,14H2,1-4H3,(H,24,27)(H,25,26). The summed E-state index contributed by atoms with van der Waals surface area (Å²) in [6.45, 7) is 9.23. The summed E-state index contributed by atoms with van der Waals surface area (Å²) in [5.41, 5.74) is 5.12. The minimum absolute atomic E-state index is 0.111. The number of hydrogen-bond donors (Lipinski definition) is 2. The Morgan fingerprint density at radius 1 is 1.10 bits per heavy atom. The van der Waals surface area contributed by atoms with Crippen molar-refractivity contribution in [3.8, 4) is 5.75 Å². The molecule has 0 aliphatic heterocycles. The molecule has 0 saturated carbocycles. The van der Waals surface area contributed by atoms with E-state index >= 15 is 0 Å². The van der Waals surface area contributed by atoms with E-state index in [1.807, 2.05) is 37.3 Å². The predicted octanol–water partition coefficient (Wildman–Crippen LogP) is 5.53. The Balaban J connectivity index is 1.61. The second-order valence-corrected chi connectivity index (χ2v) is 8.05. The molecule has 29 heavy (non-hydrogen) atoms. The van der Waals surface area contributed by atoms with Gasteiger partial charge in [0.2, 0.25) is 0 Å². The van der Waals surface area contributed by atoms with Crippen LogP contribution in [0.2, 0.25) is 0 Å². The van der Waals surface area contributed by atoms with Gasteiger partial charge in [0.25, 0.3) is 5.91 Å². The van der Waals surface area contributed by atoms with Crippen molar-refractivity contribution in [1.82, 2.24) is 10.3 Å². The summed E-state index contributed by atoms with van der Waals surface area (Å²) in [5.74, 6) is 0.738. The predicted molar refractivity (Wildman–Crippen MR) is 119 cm³/mol.